The molecule has 1 aliphatic heterocycles. The largest absolute Gasteiger partial charge is 0.347 e. The molecule has 0 radical (unpaired) electrons. The van der Waals surface area contributed by atoms with Crippen LogP contribution in [-0.4, -0.2) is 58.5 Å². The lowest BCUT2D eigenvalue weighted by Crippen LogP contribution is -2.36. The van der Waals surface area contributed by atoms with E-state index < -0.39 is 0 Å². The Labute approximate surface area is 100.0 Å². The number of rotatable bonds is 4. The molecule has 7 nitrogen and oxygen atoms in total. The Morgan fingerprint density at radius 1 is 1.71 bits per heavy atom. The molecular formula is C10H18N6O. The normalized spacial score (nSPS) is 20.7. The lowest BCUT2D eigenvalue weighted by molar-refractivity contribution is 0.0933. The van der Waals surface area contributed by atoms with Crippen LogP contribution < -0.4 is 11.1 Å². The van der Waals surface area contributed by atoms with E-state index in [2.05, 4.69) is 20.5 Å². The number of carbonyl (C=O) groups is 1. The second-order valence-electron chi connectivity index (χ2n) is 4.38. The van der Waals surface area contributed by atoms with E-state index in [0.717, 1.165) is 19.5 Å². The lowest BCUT2D eigenvalue weighted by atomic mass is 10.2. The number of carbonyl (C=O) groups excluding carboxylic acids is 1. The Kier molecular flexibility index (Phi) is 3.70. The van der Waals surface area contributed by atoms with Gasteiger partial charge in [0.1, 0.15) is 0 Å². The second-order valence-corrected chi connectivity index (χ2v) is 4.38. The van der Waals surface area contributed by atoms with E-state index >= 15 is 0 Å². The lowest BCUT2D eigenvalue weighted by Gasteiger charge is -2.11. The third-order valence-corrected chi connectivity index (χ3v) is 2.86. The van der Waals surface area contributed by atoms with Gasteiger partial charge in [-0.25, -0.2) is 0 Å². The summed E-state index contributed by atoms with van der Waals surface area (Å²) < 4.78 is 1.58. The van der Waals surface area contributed by atoms with Gasteiger partial charge >= 0.3 is 0 Å². The van der Waals surface area contributed by atoms with Crippen molar-refractivity contribution >= 4 is 5.91 Å². The topological polar surface area (TPSA) is 89.1 Å². The molecule has 1 aliphatic rings. The van der Waals surface area contributed by atoms with Gasteiger partial charge in [0.05, 0.1) is 12.7 Å². The second kappa shape index (κ2) is 5.24. The zero-order valence-electron chi connectivity index (χ0n) is 9.96. The van der Waals surface area contributed by atoms with Crippen LogP contribution in [0.3, 0.4) is 0 Å². The number of hydrogen-bond acceptors (Lipinski definition) is 5. The Morgan fingerprint density at radius 3 is 3.18 bits per heavy atom. The van der Waals surface area contributed by atoms with Gasteiger partial charge < -0.3 is 16.0 Å². The van der Waals surface area contributed by atoms with Gasteiger partial charge in [-0.3, -0.25) is 9.48 Å². The average Bonchev–Trinajstić information content (AvgIpc) is 2.88. The highest BCUT2D eigenvalue weighted by Gasteiger charge is 2.22. The summed E-state index contributed by atoms with van der Waals surface area (Å²) in [6.45, 7) is 2.97. The predicted octanol–water partition coefficient (Wildman–Crippen LogP) is -1.33. The highest BCUT2D eigenvalue weighted by molar-refractivity contribution is 5.92. The molecule has 1 amide bonds. The van der Waals surface area contributed by atoms with Crippen LogP contribution in [0, 0.1) is 0 Å². The number of nitrogens with two attached hydrogens (primary N) is 1. The number of hydrogen-bond donors (Lipinski definition) is 2. The summed E-state index contributed by atoms with van der Waals surface area (Å²) >= 11 is 0. The minimum Gasteiger partial charge on any atom is -0.347 e. The predicted molar refractivity (Wildman–Crippen MR) is 62.4 cm³/mol. The molecule has 2 rings (SSSR count). The standard InChI is InChI=1S/C10H18N6O/c1-15-4-2-8(6-15)12-10(17)9-7-16(5-3-11)14-13-9/h7-8H,2-6,11H2,1H3,(H,12,17). The van der Waals surface area contributed by atoms with E-state index in [1.165, 1.54) is 0 Å². The third-order valence-electron chi connectivity index (χ3n) is 2.86. The summed E-state index contributed by atoms with van der Waals surface area (Å²) in [5, 5.41) is 10.6. The van der Waals surface area contributed by atoms with Crippen LogP contribution in [0.2, 0.25) is 0 Å². The fourth-order valence-electron chi connectivity index (χ4n) is 1.96. The molecule has 0 bridgehead atoms. The molecule has 1 aromatic heterocycles. The van der Waals surface area contributed by atoms with Gasteiger partial charge in [-0.05, 0) is 20.0 Å². The summed E-state index contributed by atoms with van der Waals surface area (Å²) in [5.41, 5.74) is 5.75. The number of amides is 1. The number of nitrogens with one attached hydrogen (secondary N) is 1. The van der Waals surface area contributed by atoms with E-state index in [9.17, 15) is 4.79 Å². The van der Waals surface area contributed by atoms with E-state index in [1.807, 2.05) is 7.05 Å². The fraction of sp³-hybridized carbons (Fsp3) is 0.700. The maximum atomic E-state index is 11.8. The minimum absolute atomic E-state index is 0.159. The molecular weight excluding hydrogens is 220 g/mol. The van der Waals surface area contributed by atoms with Crippen LogP contribution in [0.5, 0.6) is 0 Å². The quantitative estimate of drug-likeness (QED) is 0.678. The number of aromatic nitrogens is 3. The molecule has 2 heterocycles. The van der Waals surface area contributed by atoms with Crippen molar-refractivity contribution < 1.29 is 4.79 Å². The summed E-state index contributed by atoms with van der Waals surface area (Å²) in [4.78, 5) is 14.0. The SMILES string of the molecule is CN1CCC(NC(=O)c2cn(CCN)nn2)C1. The molecule has 1 saturated heterocycles. The van der Waals surface area contributed by atoms with Crippen LogP contribution in [0.1, 0.15) is 16.9 Å². The van der Waals surface area contributed by atoms with Crippen molar-refractivity contribution in [1.29, 1.82) is 0 Å². The molecule has 0 aromatic carbocycles. The number of nitrogens with zero attached hydrogens (tertiary/aromatic N) is 4. The van der Waals surface area contributed by atoms with Crippen molar-refractivity contribution in [3.63, 3.8) is 0 Å². The van der Waals surface area contributed by atoms with E-state index in [1.54, 1.807) is 10.9 Å². The molecule has 0 aliphatic carbocycles. The summed E-state index contributed by atoms with van der Waals surface area (Å²) in [7, 11) is 2.05. The first-order valence-corrected chi connectivity index (χ1v) is 5.78. The molecule has 17 heavy (non-hydrogen) atoms. The average molecular weight is 238 g/mol. The molecule has 0 saturated carbocycles. The molecule has 0 spiro atoms. The van der Waals surface area contributed by atoms with Gasteiger partial charge in [-0.2, -0.15) is 0 Å². The van der Waals surface area contributed by atoms with Crippen molar-refractivity contribution in [2.75, 3.05) is 26.7 Å². The monoisotopic (exact) mass is 238 g/mol. The van der Waals surface area contributed by atoms with Crippen molar-refractivity contribution in [2.24, 2.45) is 5.73 Å². The van der Waals surface area contributed by atoms with Gasteiger partial charge in [-0.15, -0.1) is 5.10 Å². The maximum absolute atomic E-state index is 11.8. The van der Waals surface area contributed by atoms with Gasteiger partial charge in [-0.1, -0.05) is 5.21 Å². The zero-order chi connectivity index (χ0) is 12.3. The molecule has 94 valence electrons. The van der Waals surface area contributed by atoms with Gasteiger partial charge in [0.2, 0.25) is 0 Å². The van der Waals surface area contributed by atoms with Crippen LogP contribution in [-0.2, 0) is 6.54 Å². The van der Waals surface area contributed by atoms with Crippen molar-refractivity contribution in [3.05, 3.63) is 11.9 Å². The van der Waals surface area contributed by atoms with E-state index in [-0.39, 0.29) is 11.9 Å². The Hall–Kier alpha value is -1.47. The molecule has 1 fully saturated rings. The smallest absolute Gasteiger partial charge is 0.273 e. The summed E-state index contributed by atoms with van der Waals surface area (Å²) in [6, 6.07) is 0.215. The van der Waals surface area contributed by atoms with E-state index in [0.29, 0.717) is 18.8 Å². The Balaban J connectivity index is 1.90. The summed E-state index contributed by atoms with van der Waals surface area (Å²) in [5.74, 6) is -0.159. The maximum Gasteiger partial charge on any atom is 0.273 e. The highest BCUT2D eigenvalue weighted by Crippen LogP contribution is 2.06. The van der Waals surface area contributed by atoms with Crippen LogP contribution in [0.25, 0.3) is 0 Å². The molecule has 1 aromatic rings. The van der Waals surface area contributed by atoms with Gasteiger partial charge in [0.15, 0.2) is 5.69 Å². The van der Waals surface area contributed by atoms with Crippen molar-refractivity contribution in [1.82, 2.24) is 25.2 Å². The summed E-state index contributed by atoms with van der Waals surface area (Å²) in [6.07, 6.45) is 2.61. The number of likely N-dealkylation sites (N-methyl/N-ethyl adjacent to an activating group) is 1. The molecule has 1 atom stereocenters. The first kappa shape index (κ1) is 12.0. The first-order chi connectivity index (χ1) is 8.19. The van der Waals surface area contributed by atoms with Crippen LogP contribution in [0.4, 0.5) is 0 Å². The van der Waals surface area contributed by atoms with Gasteiger partial charge in [0.25, 0.3) is 5.91 Å². The van der Waals surface area contributed by atoms with E-state index in [4.69, 9.17) is 5.73 Å². The van der Waals surface area contributed by atoms with Crippen LogP contribution in [0.15, 0.2) is 6.20 Å². The van der Waals surface area contributed by atoms with Crippen molar-refractivity contribution in [3.8, 4) is 0 Å². The highest BCUT2D eigenvalue weighted by atomic mass is 16.2. The van der Waals surface area contributed by atoms with Gasteiger partial charge in [0, 0.05) is 19.1 Å². The Morgan fingerprint density at radius 2 is 2.53 bits per heavy atom. The third kappa shape index (κ3) is 3.01. The fourth-order valence-corrected chi connectivity index (χ4v) is 1.96. The minimum atomic E-state index is -0.159. The Bertz CT molecular complexity index is 390. The molecule has 3 N–H and O–H groups in total. The van der Waals surface area contributed by atoms with Crippen LogP contribution >= 0.6 is 0 Å². The number of likely N-dealkylation sites (tertiary alicyclic amines) is 1. The molecule has 7 heteroatoms. The zero-order valence-corrected chi connectivity index (χ0v) is 9.96. The van der Waals surface area contributed by atoms with Crippen molar-refractivity contribution in [2.45, 2.75) is 19.0 Å². The molecule has 1 unspecified atom stereocenters. The first-order valence-electron chi connectivity index (χ1n) is 5.78.